The molecule has 0 aliphatic rings. The molecule has 5 N–H and O–H groups in total. The number of benzene rings is 2. The molecule has 0 spiro atoms. The smallest absolute Gasteiger partial charge is 0.255 e. The maximum atomic E-state index is 13.5. The van der Waals surface area contributed by atoms with Crippen LogP contribution in [0, 0.1) is 17.1 Å². The van der Waals surface area contributed by atoms with Gasteiger partial charge in [0.15, 0.2) is 0 Å². The lowest BCUT2D eigenvalue weighted by Crippen LogP contribution is -2.42. The monoisotopic (exact) mass is 488 g/mol. The van der Waals surface area contributed by atoms with Crippen LogP contribution in [0.15, 0.2) is 60.7 Å². The van der Waals surface area contributed by atoms with Gasteiger partial charge in [0.2, 0.25) is 5.91 Å². The van der Waals surface area contributed by atoms with Gasteiger partial charge in [0.1, 0.15) is 11.6 Å². The maximum Gasteiger partial charge on any atom is 0.255 e. The molecule has 3 aromatic rings. The Labute approximate surface area is 209 Å². The predicted molar refractivity (Wildman–Crippen MR) is 137 cm³/mol. The van der Waals surface area contributed by atoms with Crippen LogP contribution in [0.5, 0.6) is 0 Å². The van der Waals surface area contributed by atoms with Crippen LogP contribution in [0.25, 0.3) is 11.3 Å². The Morgan fingerprint density at radius 1 is 1.14 bits per heavy atom. The number of nitriles is 1. The van der Waals surface area contributed by atoms with E-state index in [0.29, 0.717) is 41.2 Å². The molecular weight excluding hydrogens is 459 g/mol. The molecule has 0 unspecified atom stereocenters. The highest BCUT2D eigenvalue weighted by Gasteiger charge is 2.17. The molecular formula is C27H29FN6O2. The number of nitrogens with zero attached hydrogens (tertiary/aromatic N) is 2. The summed E-state index contributed by atoms with van der Waals surface area (Å²) in [5.74, 6) is -0.514. The third-order valence-electron chi connectivity index (χ3n) is 5.41. The molecule has 8 nitrogen and oxygen atoms in total. The SMILES string of the molecule is C[C@@H](CNC(=O)c1ccc(-c2ccccc2C#N)nc1NCCc1cccc(F)c1)NC(=O)CCN. The van der Waals surface area contributed by atoms with E-state index in [9.17, 15) is 19.2 Å². The standard InChI is InChI=1S/C27H29FN6O2/c1-18(33-25(35)11-13-29)17-32-27(36)23-9-10-24(22-8-3-2-6-20(22)16-30)34-26(23)31-14-12-19-5-4-7-21(28)15-19/h2-10,15,18H,11-14,17,29H2,1H3,(H,31,34)(H,32,36)(H,33,35)/t18-/m0/s1. The molecule has 0 aliphatic carbocycles. The first kappa shape index (κ1) is 26.3. The van der Waals surface area contributed by atoms with Gasteiger partial charge in [-0.2, -0.15) is 5.26 Å². The van der Waals surface area contributed by atoms with Crippen LogP contribution in [0.1, 0.15) is 34.8 Å². The summed E-state index contributed by atoms with van der Waals surface area (Å²) in [7, 11) is 0. The number of aromatic nitrogens is 1. The number of hydrogen-bond donors (Lipinski definition) is 4. The lowest BCUT2D eigenvalue weighted by Gasteiger charge is -2.17. The summed E-state index contributed by atoms with van der Waals surface area (Å²) in [5.41, 5.74) is 8.17. The van der Waals surface area contributed by atoms with E-state index >= 15 is 0 Å². The Bertz CT molecular complexity index is 1260. The molecule has 0 saturated carbocycles. The van der Waals surface area contributed by atoms with Crippen molar-refractivity contribution in [2.24, 2.45) is 5.73 Å². The minimum absolute atomic E-state index is 0.180. The van der Waals surface area contributed by atoms with Gasteiger partial charge in [-0.05, 0) is 49.2 Å². The molecule has 0 radical (unpaired) electrons. The van der Waals surface area contributed by atoms with Crippen molar-refractivity contribution >= 4 is 17.6 Å². The number of amides is 2. The molecule has 1 atom stereocenters. The van der Waals surface area contributed by atoms with E-state index in [4.69, 9.17) is 5.73 Å². The Balaban J connectivity index is 1.79. The zero-order valence-electron chi connectivity index (χ0n) is 20.1. The fourth-order valence-electron chi connectivity index (χ4n) is 3.62. The molecule has 2 amide bonds. The predicted octanol–water partition coefficient (Wildman–Crippen LogP) is 3.00. The molecule has 1 aromatic heterocycles. The first-order valence-electron chi connectivity index (χ1n) is 11.7. The molecule has 186 valence electrons. The number of pyridine rings is 1. The number of hydrogen-bond acceptors (Lipinski definition) is 6. The lowest BCUT2D eigenvalue weighted by atomic mass is 10.0. The summed E-state index contributed by atoms with van der Waals surface area (Å²) in [6.07, 6.45) is 0.733. The highest BCUT2D eigenvalue weighted by molar-refractivity contribution is 5.99. The van der Waals surface area contributed by atoms with Crippen molar-refractivity contribution in [1.29, 1.82) is 5.26 Å². The molecule has 36 heavy (non-hydrogen) atoms. The summed E-state index contributed by atoms with van der Waals surface area (Å²) < 4.78 is 13.5. The van der Waals surface area contributed by atoms with Crippen molar-refractivity contribution in [3.05, 3.63) is 83.2 Å². The van der Waals surface area contributed by atoms with Gasteiger partial charge < -0.3 is 21.7 Å². The molecule has 0 fully saturated rings. The normalized spacial score (nSPS) is 11.3. The van der Waals surface area contributed by atoms with Crippen molar-refractivity contribution in [3.63, 3.8) is 0 Å². The minimum Gasteiger partial charge on any atom is -0.369 e. The van der Waals surface area contributed by atoms with Gasteiger partial charge >= 0.3 is 0 Å². The van der Waals surface area contributed by atoms with Gasteiger partial charge in [0, 0.05) is 37.7 Å². The second-order valence-corrected chi connectivity index (χ2v) is 8.27. The van der Waals surface area contributed by atoms with E-state index in [1.54, 1.807) is 43.3 Å². The van der Waals surface area contributed by atoms with Gasteiger partial charge in [-0.3, -0.25) is 9.59 Å². The van der Waals surface area contributed by atoms with Crippen LogP contribution in [0.4, 0.5) is 10.2 Å². The molecule has 1 heterocycles. The molecule has 2 aromatic carbocycles. The van der Waals surface area contributed by atoms with Crippen LogP contribution in [-0.2, 0) is 11.2 Å². The van der Waals surface area contributed by atoms with Crippen LogP contribution < -0.4 is 21.7 Å². The average Bonchev–Trinajstić information content (AvgIpc) is 2.87. The third-order valence-corrected chi connectivity index (χ3v) is 5.41. The summed E-state index contributed by atoms with van der Waals surface area (Å²) in [4.78, 5) is 29.4. The first-order chi connectivity index (χ1) is 17.4. The zero-order valence-corrected chi connectivity index (χ0v) is 20.1. The molecule has 0 aliphatic heterocycles. The zero-order chi connectivity index (χ0) is 25.9. The van der Waals surface area contributed by atoms with E-state index in [2.05, 4.69) is 27.0 Å². The van der Waals surface area contributed by atoms with Crippen molar-refractivity contribution in [1.82, 2.24) is 15.6 Å². The second kappa shape index (κ2) is 13.0. The molecule has 0 bridgehead atoms. The number of nitrogens with two attached hydrogens (primary N) is 1. The number of halogens is 1. The fourth-order valence-corrected chi connectivity index (χ4v) is 3.62. The van der Waals surface area contributed by atoms with E-state index in [0.717, 1.165) is 5.56 Å². The topological polar surface area (TPSA) is 133 Å². The first-order valence-corrected chi connectivity index (χ1v) is 11.7. The highest BCUT2D eigenvalue weighted by Crippen LogP contribution is 2.25. The van der Waals surface area contributed by atoms with Crippen LogP contribution in [-0.4, -0.2) is 42.5 Å². The van der Waals surface area contributed by atoms with Gasteiger partial charge in [-0.25, -0.2) is 9.37 Å². The third kappa shape index (κ3) is 7.35. The highest BCUT2D eigenvalue weighted by atomic mass is 19.1. The van der Waals surface area contributed by atoms with Crippen LogP contribution in [0.2, 0.25) is 0 Å². The Hall–Kier alpha value is -4.29. The largest absolute Gasteiger partial charge is 0.369 e. The van der Waals surface area contributed by atoms with Gasteiger partial charge in [-0.1, -0.05) is 30.3 Å². The van der Waals surface area contributed by atoms with Crippen molar-refractivity contribution in [2.75, 3.05) is 25.0 Å². The summed E-state index contributed by atoms with van der Waals surface area (Å²) in [6.45, 7) is 2.66. The van der Waals surface area contributed by atoms with Crippen molar-refractivity contribution in [3.8, 4) is 17.3 Å². The Morgan fingerprint density at radius 2 is 1.94 bits per heavy atom. The van der Waals surface area contributed by atoms with Gasteiger partial charge in [-0.15, -0.1) is 0 Å². The number of carbonyl (C=O) groups is 2. The van der Waals surface area contributed by atoms with E-state index in [1.165, 1.54) is 12.1 Å². The molecule has 9 heteroatoms. The van der Waals surface area contributed by atoms with Crippen LogP contribution >= 0.6 is 0 Å². The Morgan fingerprint density at radius 3 is 2.69 bits per heavy atom. The average molecular weight is 489 g/mol. The number of nitrogens with one attached hydrogen (secondary N) is 3. The second-order valence-electron chi connectivity index (χ2n) is 8.27. The van der Waals surface area contributed by atoms with E-state index < -0.39 is 0 Å². The summed E-state index contributed by atoms with van der Waals surface area (Å²) in [5, 5.41) is 18.3. The molecule has 0 saturated heterocycles. The minimum atomic E-state index is -0.365. The van der Waals surface area contributed by atoms with Gasteiger partial charge in [0.05, 0.1) is 22.9 Å². The quantitative estimate of drug-likeness (QED) is 0.328. The summed E-state index contributed by atoms with van der Waals surface area (Å²) in [6, 6.07) is 18.6. The summed E-state index contributed by atoms with van der Waals surface area (Å²) >= 11 is 0. The maximum absolute atomic E-state index is 13.5. The Kier molecular flexibility index (Phi) is 9.48. The molecule has 3 rings (SSSR count). The fraction of sp³-hybridized carbons (Fsp3) is 0.259. The van der Waals surface area contributed by atoms with Crippen molar-refractivity contribution < 1.29 is 14.0 Å². The van der Waals surface area contributed by atoms with E-state index in [1.807, 2.05) is 12.1 Å². The lowest BCUT2D eigenvalue weighted by molar-refractivity contribution is -0.121. The van der Waals surface area contributed by atoms with Crippen molar-refractivity contribution in [2.45, 2.75) is 25.8 Å². The number of carbonyl (C=O) groups excluding carboxylic acids is 2. The van der Waals surface area contributed by atoms with Gasteiger partial charge in [0.25, 0.3) is 5.91 Å². The van der Waals surface area contributed by atoms with Crippen LogP contribution in [0.3, 0.4) is 0 Å². The number of anilines is 1. The van der Waals surface area contributed by atoms with E-state index in [-0.39, 0.29) is 43.2 Å². The number of rotatable bonds is 11.